The maximum atomic E-state index is 8.60. The number of fused-ring (bicyclic) bond motifs is 1. The highest BCUT2D eigenvalue weighted by Gasteiger charge is 2.01. The zero-order chi connectivity index (χ0) is 9.80. The number of hydrogen-bond acceptors (Lipinski definition) is 4. The van der Waals surface area contributed by atoms with Crippen molar-refractivity contribution in [1.29, 1.82) is 0 Å². The molecule has 2 N–H and O–H groups in total. The van der Waals surface area contributed by atoms with Crippen molar-refractivity contribution >= 4 is 21.6 Å². The zero-order valence-electron chi connectivity index (χ0n) is 7.73. The molecular formula is C10H12N2OS. The topological polar surface area (TPSA) is 45.1 Å². The molecule has 0 atom stereocenters. The van der Waals surface area contributed by atoms with Gasteiger partial charge in [0.2, 0.25) is 0 Å². The monoisotopic (exact) mass is 208 g/mol. The Hall–Kier alpha value is -0.970. The van der Waals surface area contributed by atoms with E-state index in [0.29, 0.717) is 6.54 Å². The molecular weight excluding hydrogens is 196 g/mol. The lowest BCUT2D eigenvalue weighted by molar-refractivity contribution is 0.292. The third-order valence-electron chi connectivity index (χ3n) is 1.90. The highest BCUT2D eigenvalue weighted by Crippen LogP contribution is 2.20. The highest BCUT2D eigenvalue weighted by molar-refractivity contribution is 7.18. The van der Waals surface area contributed by atoms with Crippen molar-refractivity contribution < 1.29 is 5.11 Å². The van der Waals surface area contributed by atoms with Gasteiger partial charge in [-0.25, -0.2) is 4.98 Å². The van der Waals surface area contributed by atoms with Gasteiger partial charge in [0.05, 0.1) is 16.8 Å². The summed E-state index contributed by atoms with van der Waals surface area (Å²) >= 11 is 1.69. The van der Waals surface area contributed by atoms with Crippen molar-refractivity contribution in [2.75, 3.05) is 13.2 Å². The van der Waals surface area contributed by atoms with Gasteiger partial charge in [0, 0.05) is 13.1 Å². The van der Waals surface area contributed by atoms with Crippen LogP contribution in [0.15, 0.2) is 24.3 Å². The molecule has 0 amide bonds. The molecule has 3 nitrogen and oxygen atoms in total. The van der Waals surface area contributed by atoms with E-state index in [1.165, 1.54) is 4.70 Å². The molecule has 0 saturated carbocycles. The van der Waals surface area contributed by atoms with Crippen LogP contribution in [-0.4, -0.2) is 23.2 Å². The Morgan fingerprint density at radius 2 is 2.21 bits per heavy atom. The van der Waals surface area contributed by atoms with Crippen molar-refractivity contribution in [2.45, 2.75) is 6.54 Å². The summed E-state index contributed by atoms with van der Waals surface area (Å²) in [5.74, 6) is 0. The van der Waals surface area contributed by atoms with E-state index in [0.717, 1.165) is 17.1 Å². The molecule has 1 aromatic carbocycles. The predicted molar refractivity (Wildman–Crippen MR) is 58.4 cm³/mol. The Balaban J connectivity index is 2.11. The molecule has 1 aromatic heterocycles. The fourth-order valence-corrected chi connectivity index (χ4v) is 2.21. The summed E-state index contributed by atoms with van der Waals surface area (Å²) in [5.41, 5.74) is 1.05. The van der Waals surface area contributed by atoms with Crippen LogP contribution in [0.3, 0.4) is 0 Å². The van der Waals surface area contributed by atoms with Crippen LogP contribution in [0.25, 0.3) is 10.2 Å². The minimum Gasteiger partial charge on any atom is -0.395 e. The van der Waals surface area contributed by atoms with E-state index >= 15 is 0 Å². The second kappa shape index (κ2) is 4.50. The molecule has 0 radical (unpaired) electrons. The van der Waals surface area contributed by atoms with Crippen molar-refractivity contribution in [3.8, 4) is 0 Å². The van der Waals surface area contributed by atoms with E-state index in [1.807, 2.05) is 18.2 Å². The van der Waals surface area contributed by atoms with Crippen LogP contribution in [0, 0.1) is 0 Å². The number of rotatable bonds is 4. The molecule has 0 spiro atoms. The van der Waals surface area contributed by atoms with Crippen molar-refractivity contribution in [3.05, 3.63) is 29.3 Å². The van der Waals surface area contributed by atoms with Gasteiger partial charge in [0.25, 0.3) is 0 Å². The Morgan fingerprint density at radius 1 is 1.36 bits per heavy atom. The Labute approximate surface area is 86.4 Å². The molecule has 0 aliphatic carbocycles. The lowest BCUT2D eigenvalue weighted by Crippen LogP contribution is -2.17. The van der Waals surface area contributed by atoms with Crippen LogP contribution >= 0.6 is 11.3 Å². The van der Waals surface area contributed by atoms with Crippen LogP contribution in [0.4, 0.5) is 0 Å². The first-order valence-corrected chi connectivity index (χ1v) is 5.38. The Kier molecular flexibility index (Phi) is 3.08. The quantitative estimate of drug-likeness (QED) is 0.746. The van der Waals surface area contributed by atoms with E-state index in [2.05, 4.69) is 16.4 Å². The number of nitrogens with zero attached hydrogens (tertiary/aromatic N) is 1. The average molecular weight is 208 g/mol. The number of aliphatic hydroxyl groups is 1. The molecule has 14 heavy (non-hydrogen) atoms. The summed E-state index contributed by atoms with van der Waals surface area (Å²) in [6.07, 6.45) is 0. The lowest BCUT2D eigenvalue weighted by Gasteiger charge is -1.96. The molecule has 1 heterocycles. The fourth-order valence-electron chi connectivity index (χ4n) is 1.27. The predicted octanol–water partition coefficient (Wildman–Crippen LogP) is 1.38. The summed E-state index contributed by atoms with van der Waals surface area (Å²) in [7, 11) is 0. The van der Waals surface area contributed by atoms with Crippen LogP contribution in [-0.2, 0) is 6.54 Å². The largest absolute Gasteiger partial charge is 0.395 e. The molecule has 0 bridgehead atoms. The summed E-state index contributed by atoms with van der Waals surface area (Å²) < 4.78 is 1.22. The number of aliphatic hydroxyl groups excluding tert-OH is 1. The first kappa shape index (κ1) is 9.58. The van der Waals surface area contributed by atoms with Gasteiger partial charge in [-0.1, -0.05) is 12.1 Å². The van der Waals surface area contributed by atoms with Crippen LogP contribution in [0.2, 0.25) is 0 Å². The summed E-state index contributed by atoms with van der Waals surface area (Å²) in [6, 6.07) is 8.10. The highest BCUT2D eigenvalue weighted by atomic mass is 32.1. The third kappa shape index (κ3) is 2.09. The minimum absolute atomic E-state index is 0.172. The third-order valence-corrected chi connectivity index (χ3v) is 2.94. The van der Waals surface area contributed by atoms with Gasteiger partial charge < -0.3 is 10.4 Å². The summed E-state index contributed by atoms with van der Waals surface area (Å²) in [5, 5.41) is 12.8. The van der Waals surface area contributed by atoms with Gasteiger partial charge in [-0.15, -0.1) is 11.3 Å². The normalized spacial score (nSPS) is 10.9. The lowest BCUT2D eigenvalue weighted by atomic mass is 10.3. The van der Waals surface area contributed by atoms with Gasteiger partial charge >= 0.3 is 0 Å². The van der Waals surface area contributed by atoms with E-state index in [9.17, 15) is 0 Å². The number of nitrogens with one attached hydrogen (secondary N) is 1. The smallest absolute Gasteiger partial charge is 0.108 e. The SMILES string of the molecule is OCCNCc1nc2ccccc2s1. The summed E-state index contributed by atoms with van der Waals surface area (Å²) in [4.78, 5) is 4.46. The fraction of sp³-hybridized carbons (Fsp3) is 0.300. The molecule has 0 unspecified atom stereocenters. The number of hydrogen-bond donors (Lipinski definition) is 2. The molecule has 0 aliphatic heterocycles. The molecule has 0 fully saturated rings. The molecule has 4 heteroatoms. The van der Waals surface area contributed by atoms with Crippen molar-refractivity contribution in [2.24, 2.45) is 0 Å². The van der Waals surface area contributed by atoms with Gasteiger partial charge in [0.1, 0.15) is 5.01 Å². The van der Waals surface area contributed by atoms with E-state index in [4.69, 9.17) is 5.11 Å². The Morgan fingerprint density at radius 3 is 3.00 bits per heavy atom. The number of para-hydroxylation sites is 1. The second-order valence-electron chi connectivity index (χ2n) is 2.98. The molecule has 2 rings (SSSR count). The van der Waals surface area contributed by atoms with Crippen LogP contribution in [0.1, 0.15) is 5.01 Å². The van der Waals surface area contributed by atoms with E-state index in [-0.39, 0.29) is 6.61 Å². The van der Waals surface area contributed by atoms with Gasteiger partial charge in [-0.3, -0.25) is 0 Å². The maximum Gasteiger partial charge on any atom is 0.108 e. The minimum atomic E-state index is 0.172. The molecule has 0 saturated heterocycles. The van der Waals surface area contributed by atoms with Crippen LogP contribution in [0.5, 0.6) is 0 Å². The number of thiazole rings is 1. The van der Waals surface area contributed by atoms with Crippen LogP contribution < -0.4 is 5.32 Å². The molecule has 74 valence electrons. The summed E-state index contributed by atoms with van der Waals surface area (Å²) in [6.45, 7) is 1.53. The van der Waals surface area contributed by atoms with E-state index in [1.54, 1.807) is 11.3 Å². The van der Waals surface area contributed by atoms with Gasteiger partial charge in [0.15, 0.2) is 0 Å². The van der Waals surface area contributed by atoms with Crippen molar-refractivity contribution in [1.82, 2.24) is 10.3 Å². The van der Waals surface area contributed by atoms with Crippen molar-refractivity contribution in [3.63, 3.8) is 0 Å². The van der Waals surface area contributed by atoms with Gasteiger partial charge in [-0.05, 0) is 12.1 Å². The number of benzene rings is 1. The first-order chi connectivity index (χ1) is 6.90. The molecule has 2 aromatic rings. The standard InChI is InChI=1S/C10H12N2OS/c13-6-5-11-7-10-12-8-3-1-2-4-9(8)14-10/h1-4,11,13H,5-7H2. The zero-order valence-corrected chi connectivity index (χ0v) is 8.55. The average Bonchev–Trinajstić information content (AvgIpc) is 2.60. The van der Waals surface area contributed by atoms with E-state index < -0.39 is 0 Å². The number of aromatic nitrogens is 1. The van der Waals surface area contributed by atoms with Gasteiger partial charge in [-0.2, -0.15) is 0 Å². The second-order valence-corrected chi connectivity index (χ2v) is 4.09. The Bertz CT molecular complexity index is 380. The molecule has 0 aliphatic rings. The maximum absolute atomic E-state index is 8.60. The first-order valence-electron chi connectivity index (χ1n) is 4.56.